The van der Waals surface area contributed by atoms with Crippen LogP contribution in [-0.2, 0) is 14.4 Å². The zero-order chi connectivity index (χ0) is 22.0. The maximum absolute atomic E-state index is 13.2. The van der Waals surface area contributed by atoms with Gasteiger partial charge in [0.05, 0.1) is 5.57 Å². The Morgan fingerprint density at radius 1 is 0.903 bits per heavy atom. The van der Waals surface area contributed by atoms with Gasteiger partial charge in [0.15, 0.2) is 0 Å². The normalized spacial score (nSPS) is 13.8. The second kappa shape index (κ2) is 8.44. The van der Waals surface area contributed by atoms with Gasteiger partial charge in [-0.15, -0.1) is 0 Å². The highest BCUT2D eigenvalue weighted by atomic mass is 16.2. The predicted molar refractivity (Wildman–Crippen MR) is 122 cm³/mol. The molecule has 0 saturated carbocycles. The van der Waals surface area contributed by atoms with Crippen LogP contribution in [0, 0.1) is 0 Å². The number of nitrogens with one attached hydrogen (secondary N) is 2. The number of carbonyl (C=O) groups is 3. The Balaban J connectivity index is 1.79. The van der Waals surface area contributed by atoms with Crippen LogP contribution >= 0.6 is 0 Å². The minimum absolute atomic E-state index is 0.175. The molecule has 0 atom stereocenters. The van der Waals surface area contributed by atoms with Crippen molar-refractivity contribution in [2.75, 3.05) is 17.2 Å². The lowest BCUT2D eigenvalue weighted by molar-refractivity contribution is -0.136. The number of imide groups is 1. The molecule has 0 radical (unpaired) electrons. The number of anilines is 2. The minimum atomic E-state index is -0.333. The lowest BCUT2D eigenvalue weighted by Gasteiger charge is -2.14. The summed E-state index contributed by atoms with van der Waals surface area (Å²) in [5.41, 5.74) is 2.61. The molecule has 1 aliphatic rings. The van der Waals surface area contributed by atoms with Crippen molar-refractivity contribution in [2.45, 2.75) is 20.3 Å². The van der Waals surface area contributed by atoms with E-state index in [4.69, 9.17) is 0 Å². The number of amides is 3. The molecule has 1 heterocycles. The summed E-state index contributed by atoms with van der Waals surface area (Å²) < 4.78 is 0. The molecule has 0 unspecified atom stereocenters. The van der Waals surface area contributed by atoms with Gasteiger partial charge in [-0.1, -0.05) is 55.5 Å². The number of hydrogen-bond donors (Lipinski definition) is 2. The molecule has 0 aliphatic carbocycles. The van der Waals surface area contributed by atoms with Gasteiger partial charge in [-0.3, -0.25) is 19.3 Å². The summed E-state index contributed by atoms with van der Waals surface area (Å²) in [5.74, 6) is -0.825. The summed E-state index contributed by atoms with van der Waals surface area (Å²) in [6, 6.07) is 20.6. The van der Waals surface area contributed by atoms with Crippen molar-refractivity contribution in [2.24, 2.45) is 0 Å². The van der Waals surface area contributed by atoms with Crippen LogP contribution in [0.25, 0.3) is 16.3 Å². The number of carbonyl (C=O) groups excluding carboxylic acids is 3. The van der Waals surface area contributed by atoms with E-state index in [1.807, 2.05) is 49.4 Å². The van der Waals surface area contributed by atoms with E-state index in [-0.39, 0.29) is 23.4 Å². The number of hydrogen-bond acceptors (Lipinski definition) is 4. The van der Waals surface area contributed by atoms with Crippen LogP contribution in [0.4, 0.5) is 11.4 Å². The van der Waals surface area contributed by atoms with Crippen LogP contribution in [0.3, 0.4) is 0 Å². The second-order valence-electron chi connectivity index (χ2n) is 7.42. The largest absolute Gasteiger partial charge is 0.350 e. The van der Waals surface area contributed by atoms with Gasteiger partial charge in [-0.2, -0.15) is 0 Å². The molecule has 0 aromatic heterocycles. The van der Waals surface area contributed by atoms with Gasteiger partial charge >= 0.3 is 0 Å². The summed E-state index contributed by atoms with van der Waals surface area (Å²) in [6.45, 7) is 3.72. The molecule has 3 aromatic carbocycles. The van der Waals surface area contributed by atoms with Crippen LogP contribution in [0.2, 0.25) is 0 Å². The first-order chi connectivity index (χ1) is 15.0. The molecule has 1 aliphatic heterocycles. The molecular weight excluding hydrogens is 390 g/mol. The van der Waals surface area contributed by atoms with Gasteiger partial charge in [0, 0.05) is 30.2 Å². The fourth-order valence-electron chi connectivity index (χ4n) is 3.78. The van der Waals surface area contributed by atoms with E-state index in [1.54, 1.807) is 24.3 Å². The third-order valence-electron chi connectivity index (χ3n) is 5.16. The van der Waals surface area contributed by atoms with Crippen LogP contribution in [0.15, 0.2) is 72.4 Å². The molecule has 4 rings (SSSR count). The highest BCUT2D eigenvalue weighted by molar-refractivity contribution is 6.36. The molecule has 31 heavy (non-hydrogen) atoms. The fraction of sp³-hybridized carbons (Fsp3) is 0.160. The van der Waals surface area contributed by atoms with Crippen molar-refractivity contribution in [3.05, 3.63) is 78.0 Å². The highest BCUT2D eigenvalue weighted by Crippen LogP contribution is 2.33. The summed E-state index contributed by atoms with van der Waals surface area (Å²) in [6.07, 6.45) is 0.674. The molecule has 3 aromatic rings. The molecule has 0 saturated heterocycles. The number of benzene rings is 3. The van der Waals surface area contributed by atoms with E-state index in [2.05, 4.69) is 10.6 Å². The van der Waals surface area contributed by atoms with Crippen LogP contribution in [-0.4, -0.2) is 29.2 Å². The van der Waals surface area contributed by atoms with Gasteiger partial charge in [-0.05, 0) is 35.6 Å². The standard InChI is InChI=1S/C25H23N3O3/c1-3-15-28-24(30)22(18-11-13-19(14-12-18)26-16(2)29)23(25(28)31)27-21-10-6-8-17-7-4-5-9-20(17)21/h4-14,27H,3,15H2,1-2H3,(H,26,29). The third-order valence-corrected chi connectivity index (χ3v) is 5.16. The SMILES string of the molecule is CCCN1C(=O)C(Nc2cccc3ccccc23)=C(c2ccc(NC(C)=O)cc2)C1=O. The Morgan fingerprint density at radius 3 is 2.32 bits per heavy atom. The van der Waals surface area contributed by atoms with Gasteiger partial charge < -0.3 is 10.6 Å². The Kier molecular flexibility index (Phi) is 5.54. The van der Waals surface area contributed by atoms with Crippen LogP contribution in [0.5, 0.6) is 0 Å². The van der Waals surface area contributed by atoms with Crippen molar-refractivity contribution in [3.8, 4) is 0 Å². The number of rotatable bonds is 6. The highest BCUT2D eigenvalue weighted by Gasteiger charge is 2.38. The quantitative estimate of drug-likeness (QED) is 0.587. The average molecular weight is 413 g/mol. The summed E-state index contributed by atoms with van der Waals surface area (Å²) >= 11 is 0. The Bertz CT molecular complexity index is 1210. The van der Waals surface area contributed by atoms with Crippen LogP contribution < -0.4 is 10.6 Å². The molecule has 0 fully saturated rings. The summed E-state index contributed by atoms with van der Waals surface area (Å²) in [7, 11) is 0. The Labute approximate surface area is 180 Å². The van der Waals surface area contributed by atoms with Gasteiger partial charge in [0.2, 0.25) is 5.91 Å². The first kappa shape index (κ1) is 20.3. The van der Waals surface area contributed by atoms with E-state index in [0.29, 0.717) is 29.8 Å². The Morgan fingerprint density at radius 2 is 1.61 bits per heavy atom. The molecule has 0 spiro atoms. The lowest BCUT2D eigenvalue weighted by Crippen LogP contribution is -2.33. The van der Waals surface area contributed by atoms with Gasteiger partial charge in [0.1, 0.15) is 5.70 Å². The van der Waals surface area contributed by atoms with Gasteiger partial charge in [-0.25, -0.2) is 0 Å². The van der Waals surface area contributed by atoms with E-state index in [9.17, 15) is 14.4 Å². The number of nitrogens with zero attached hydrogens (tertiary/aromatic N) is 1. The second-order valence-corrected chi connectivity index (χ2v) is 7.42. The predicted octanol–water partition coefficient (Wildman–Crippen LogP) is 4.40. The summed E-state index contributed by atoms with van der Waals surface area (Å²) in [5, 5.41) is 7.96. The fourth-order valence-corrected chi connectivity index (χ4v) is 3.78. The third kappa shape index (κ3) is 3.92. The monoisotopic (exact) mass is 413 g/mol. The zero-order valence-corrected chi connectivity index (χ0v) is 17.4. The molecule has 156 valence electrons. The zero-order valence-electron chi connectivity index (χ0n) is 17.4. The molecular formula is C25H23N3O3. The Hall–Kier alpha value is -3.93. The smallest absolute Gasteiger partial charge is 0.278 e. The molecule has 3 amide bonds. The summed E-state index contributed by atoms with van der Waals surface area (Å²) in [4.78, 5) is 38.9. The molecule has 6 heteroatoms. The van der Waals surface area contributed by atoms with Crippen molar-refractivity contribution < 1.29 is 14.4 Å². The van der Waals surface area contributed by atoms with Crippen molar-refractivity contribution >= 4 is 45.4 Å². The van der Waals surface area contributed by atoms with Crippen molar-refractivity contribution in [3.63, 3.8) is 0 Å². The topological polar surface area (TPSA) is 78.5 Å². The first-order valence-electron chi connectivity index (χ1n) is 10.2. The van der Waals surface area contributed by atoms with Gasteiger partial charge in [0.25, 0.3) is 11.8 Å². The maximum Gasteiger partial charge on any atom is 0.278 e. The molecule has 6 nitrogen and oxygen atoms in total. The average Bonchev–Trinajstić information content (AvgIpc) is 2.99. The van der Waals surface area contributed by atoms with E-state index in [0.717, 1.165) is 16.5 Å². The molecule has 2 N–H and O–H groups in total. The van der Waals surface area contributed by atoms with E-state index < -0.39 is 0 Å². The number of fused-ring (bicyclic) bond motifs is 1. The molecule has 0 bridgehead atoms. The van der Waals surface area contributed by atoms with Crippen molar-refractivity contribution in [1.29, 1.82) is 0 Å². The lowest BCUT2D eigenvalue weighted by atomic mass is 10.0. The maximum atomic E-state index is 13.2. The van der Waals surface area contributed by atoms with E-state index >= 15 is 0 Å². The van der Waals surface area contributed by atoms with Crippen LogP contribution in [0.1, 0.15) is 25.8 Å². The first-order valence-corrected chi connectivity index (χ1v) is 10.2. The van der Waals surface area contributed by atoms with Crippen molar-refractivity contribution in [1.82, 2.24) is 4.90 Å². The minimum Gasteiger partial charge on any atom is -0.350 e. The van der Waals surface area contributed by atoms with E-state index in [1.165, 1.54) is 11.8 Å².